The standard InChI is InChI=1S/C24H41NO2/c1-16-11-18(21(2,3)4)20(26)19(12-16)22(5,6)13-17-14-23(7,8)25(27)24(9,10)15-17/h11-12,17,26-27H,13-15H2,1-10H3. The van der Waals surface area contributed by atoms with Gasteiger partial charge in [-0.1, -0.05) is 52.3 Å². The number of phenolic OH excluding ortho intramolecular Hbond substituents is 1. The summed E-state index contributed by atoms with van der Waals surface area (Å²) in [7, 11) is 0. The van der Waals surface area contributed by atoms with Gasteiger partial charge in [-0.25, -0.2) is 0 Å². The van der Waals surface area contributed by atoms with Crippen LogP contribution < -0.4 is 0 Å². The highest BCUT2D eigenvalue weighted by molar-refractivity contribution is 5.49. The number of piperidine rings is 1. The average molecular weight is 376 g/mol. The lowest BCUT2D eigenvalue weighted by Gasteiger charge is -2.52. The van der Waals surface area contributed by atoms with Gasteiger partial charge in [-0.15, -0.1) is 0 Å². The fraction of sp³-hybridized carbons (Fsp3) is 0.750. The van der Waals surface area contributed by atoms with Crippen LogP contribution in [-0.4, -0.2) is 26.5 Å². The highest BCUT2D eigenvalue weighted by Crippen LogP contribution is 2.47. The summed E-state index contributed by atoms with van der Waals surface area (Å²) in [5.41, 5.74) is 2.57. The van der Waals surface area contributed by atoms with Crippen molar-refractivity contribution in [2.75, 3.05) is 0 Å². The number of hydrogen-bond acceptors (Lipinski definition) is 3. The minimum Gasteiger partial charge on any atom is -0.507 e. The highest BCUT2D eigenvalue weighted by atomic mass is 16.5. The second-order valence-electron chi connectivity index (χ2n) is 11.8. The van der Waals surface area contributed by atoms with Crippen LogP contribution in [0, 0.1) is 12.8 Å². The van der Waals surface area contributed by atoms with Crippen molar-refractivity contribution in [2.45, 2.75) is 110 Å². The Morgan fingerprint density at radius 3 is 1.85 bits per heavy atom. The largest absolute Gasteiger partial charge is 0.507 e. The van der Waals surface area contributed by atoms with E-state index in [4.69, 9.17) is 0 Å². The molecule has 1 fully saturated rings. The summed E-state index contributed by atoms with van der Waals surface area (Å²) < 4.78 is 0. The number of hydroxylamine groups is 2. The Morgan fingerprint density at radius 2 is 1.41 bits per heavy atom. The van der Waals surface area contributed by atoms with Crippen LogP contribution in [0.5, 0.6) is 5.75 Å². The van der Waals surface area contributed by atoms with E-state index in [0.29, 0.717) is 11.7 Å². The maximum atomic E-state index is 11.1. The number of aryl methyl sites for hydroxylation is 1. The molecule has 2 rings (SSSR count). The summed E-state index contributed by atoms with van der Waals surface area (Å²) in [6.45, 7) is 21.6. The molecule has 0 bridgehead atoms. The third kappa shape index (κ3) is 4.51. The number of aromatic hydroxyl groups is 1. The number of benzene rings is 1. The molecule has 1 aliphatic heterocycles. The van der Waals surface area contributed by atoms with Gasteiger partial charge >= 0.3 is 0 Å². The van der Waals surface area contributed by atoms with Gasteiger partial charge < -0.3 is 10.3 Å². The molecule has 0 aromatic heterocycles. The molecule has 3 nitrogen and oxygen atoms in total. The van der Waals surface area contributed by atoms with Crippen molar-refractivity contribution in [3.63, 3.8) is 0 Å². The van der Waals surface area contributed by atoms with Crippen LogP contribution in [0.2, 0.25) is 0 Å². The fourth-order valence-corrected chi connectivity index (χ4v) is 5.32. The van der Waals surface area contributed by atoms with Crippen molar-refractivity contribution >= 4 is 0 Å². The molecule has 1 saturated heterocycles. The molecular formula is C24H41NO2. The molecule has 0 unspecified atom stereocenters. The van der Waals surface area contributed by atoms with E-state index in [0.717, 1.165) is 30.4 Å². The summed E-state index contributed by atoms with van der Waals surface area (Å²) in [4.78, 5) is 0. The van der Waals surface area contributed by atoms with Crippen LogP contribution in [0.1, 0.15) is 98.3 Å². The summed E-state index contributed by atoms with van der Waals surface area (Å²) in [6, 6.07) is 4.27. The molecule has 0 amide bonds. The zero-order chi connectivity index (χ0) is 21.0. The van der Waals surface area contributed by atoms with E-state index in [1.165, 1.54) is 5.56 Å². The molecule has 2 N–H and O–H groups in total. The number of rotatable bonds is 3. The van der Waals surface area contributed by atoms with Gasteiger partial charge in [-0.2, -0.15) is 5.06 Å². The van der Waals surface area contributed by atoms with Gasteiger partial charge in [0.1, 0.15) is 5.75 Å². The first-order valence-electron chi connectivity index (χ1n) is 10.3. The predicted molar refractivity (Wildman–Crippen MR) is 114 cm³/mol. The van der Waals surface area contributed by atoms with Crippen LogP contribution in [-0.2, 0) is 10.8 Å². The highest BCUT2D eigenvalue weighted by Gasteiger charge is 2.46. The van der Waals surface area contributed by atoms with Crippen molar-refractivity contribution < 1.29 is 10.3 Å². The maximum Gasteiger partial charge on any atom is 0.123 e. The van der Waals surface area contributed by atoms with Gasteiger partial charge in [0.15, 0.2) is 0 Å². The van der Waals surface area contributed by atoms with E-state index in [9.17, 15) is 10.3 Å². The molecule has 1 heterocycles. The molecule has 0 spiro atoms. The summed E-state index contributed by atoms with van der Waals surface area (Å²) in [6.07, 6.45) is 2.90. The Bertz CT molecular complexity index is 677. The van der Waals surface area contributed by atoms with Crippen molar-refractivity contribution in [3.05, 3.63) is 28.8 Å². The van der Waals surface area contributed by atoms with Gasteiger partial charge in [0.2, 0.25) is 0 Å². The lowest BCUT2D eigenvalue weighted by atomic mass is 9.67. The van der Waals surface area contributed by atoms with Gasteiger partial charge in [-0.05, 0) is 76.2 Å². The molecule has 1 aliphatic rings. The minimum absolute atomic E-state index is 0.0901. The zero-order valence-electron chi connectivity index (χ0n) is 19.2. The van der Waals surface area contributed by atoms with Crippen LogP contribution in [0.15, 0.2) is 12.1 Å². The molecule has 1 aromatic rings. The van der Waals surface area contributed by atoms with Crippen LogP contribution >= 0.6 is 0 Å². The lowest BCUT2D eigenvalue weighted by Crippen LogP contribution is -2.59. The second-order valence-corrected chi connectivity index (χ2v) is 11.8. The number of phenols is 1. The van der Waals surface area contributed by atoms with E-state index in [1.54, 1.807) is 5.06 Å². The first-order chi connectivity index (χ1) is 12.0. The molecular weight excluding hydrogens is 334 g/mol. The lowest BCUT2D eigenvalue weighted by molar-refractivity contribution is -0.252. The Labute approximate surface area is 166 Å². The van der Waals surface area contributed by atoms with E-state index in [-0.39, 0.29) is 21.9 Å². The Kier molecular flexibility index (Phi) is 5.58. The van der Waals surface area contributed by atoms with Gasteiger partial charge in [0, 0.05) is 16.6 Å². The molecule has 0 saturated carbocycles. The fourth-order valence-electron chi connectivity index (χ4n) is 5.32. The molecule has 3 heteroatoms. The molecule has 154 valence electrons. The molecule has 0 radical (unpaired) electrons. The summed E-state index contributed by atoms with van der Waals surface area (Å²) in [5, 5.41) is 23.3. The molecule has 0 aliphatic carbocycles. The van der Waals surface area contributed by atoms with E-state index >= 15 is 0 Å². The van der Waals surface area contributed by atoms with E-state index in [2.05, 4.69) is 81.4 Å². The number of hydrogen-bond donors (Lipinski definition) is 2. The first kappa shape index (κ1) is 22.2. The Morgan fingerprint density at radius 1 is 0.963 bits per heavy atom. The van der Waals surface area contributed by atoms with E-state index in [1.807, 2.05) is 0 Å². The van der Waals surface area contributed by atoms with Gasteiger partial charge in [0.25, 0.3) is 0 Å². The predicted octanol–water partition coefficient (Wildman–Crippen LogP) is 6.32. The van der Waals surface area contributed by atoms with Crippen LogP contribution in [0.4, 0.5) is 0 Å². The van der Waals surface area contributed by atoms with E-state index < -0.39 is 0 Å². The molecule has 1 aromatic carbocycles. The summed E-state index contributed by atoms with van der Waals surface area (Å²) in [5.74, 6) is 0.947. The Balaban J connectivity index is 2.39. The SMILES string of the molecule is Cc1cc(C(C)(C)C)c(O)c(C(C)(C)CC2CC(C)(C)N(O)C(C)(C)C2)c1. The molecule has 0 atom stereocenters. The maximum absolute atomic E-state index is 11.1. The van der Waals surface area contributed by atoms with Crippen molar-refractivity contribution in [2.24, 2.45) is 5.92 Å². The smallest absolute Gasteiger partial charge is 0.123 e. The second kappa shape index (κ2) is 6.77. The monoisotopic (exact) mass is 375 g/mol. The van der Waals surface area contributed by atoms with Crippen LogP contribution in [0.3, 0.4) is 0 Å². The van der Waals surface area contributed by atoms with Crippen LogP contribution in [0.25, 0.3) is 0 Å². The zero-order valence-corrected chi connectivity index (χ0v) is 19.2. The van der Waals surface area contributed by atoms with Crippen molar-refractivity contribution in [1.29, 1.82) is 0 Å². The topological polar surface area (TPSA) is 43.7 Å². The van der Waals surface area contributed by atoms with Crippen molar-refractivity contribution in [3.8, 4) is 5.75 Å². The third-order valence-corrected chi connectivity index (χ3v) is 6.31. The van der Waals surface area contributed by atoms with Crippen molar-refractivity contribution in [1.82, 2.24) is 5.06 Å². The minimum atomic E-state index is -0.242. The quantitative estimate of drug-likeness (QED) is 0.649. The first-order valence-corrected chi connectivity index (χ1v) is 10.3. The summed E-state index contributed by atoms with van der Waals surface area (Å²) >= 11 is 0. The normalized spacial score (nSPS) is 21.4. The van der Waals surface area contributed by atoms with Gasteiger partial charge in [-0.3, -0.25) is 0 Å². The Hall–Kier alpha value is -1.06. The van der Waals surface area contributed by atoms with Gasteiger partial charge in [0.05, 0.1) is 0 Å². The number of nitrogens with zero attached hydrogens (tertiary/aromatic N) is 1. The molecule has 27 heavy (non-hydrogen) atoms. The third-order valence-electron chi connectivity index (χ3n) is 6.31. The average Bonchev–Trinajstić information content (AvgIpc) is 2.44.